The largest absolute Gasteiger partial charge is 0.486 e. The molecule has 2 aromatic rings. The highest BCUT2D eigenvalue weighted by Gasteiger charge is 2.44. The first-order chi connectivity index (χ1) is 15.5. The standard InChI is InChI=1S/C22H28FN5O4S/c1-12-9-31-10-14-11-32-17-18(22(3,4)33(6,29)30)26-20(27-21(17)28(12)14)16(19(23)24-5)15-7-8-25-13(15)2/h7-8,12,14,25H,5,9-11H2,1-4,6H3/b19-16+/t12-,14+/m1/s1. The Bertz CT molecular complexity index is 1240. The van der Waals surface area contributed by atoms with E-state index in [1.54, 1.807) is 33.0 Å². The first kappa shape index (κ1) is 23.4. The van der Waals surface area contributed by atoms with Crippen LogP contribution in [0.3, 0.4) is 0 Å². The molecule has 178 valence electrons. The van der Waals surface area contributed by atoms with Gasteiger partial charge in [0.1, 0.15) is 17.0 Å². The van der Waals surface area contributed by atoms with Gasteiger partial charge in [0.15, 0.2) is 27.2 Å². The summed E-state index contributed by atoms with van der Waals surface area (Å²) in [5.74, 6) is -0.141. The van der Waals surface area contributed by atoms with E-state index in [1.807, 2.05) is 6.92 Å². The molecule has 0 saturated carbocycles. The van der Waals surface area contributed by atoms with Gasteiger partial charge in [-0.2, -0.15) is 4.39 Å². The quantitative estimate of drug-likeness (QED) is 0.521. The molecule has 2 aliphatic heterocycles. The number of morpholine rings is 1. The van der Waals surface area contributed by atoms with Gasteiger partial charge in [0.25, 0.3) is 0 Å². The van der Waals surface area contributed by atoms with Gasteiger partial charge in [-0.1, -0.05) is 0 Å². The molecule has 0 aliphatic carbocycles. The first-order valence-electron chi connectivity index (χ1n) is 10.6. The Morgan fingerprint density at radius 1 is 1.33 bits per heavy atom. The van der Waals surface area contributed by atoms with Crippen LogP contribution < -0.4 is 9.64 Å². The Labute approximate surface area is 192 Å². The molecule has 0 bridgehead atoms. The summed E-state index contributed by atoms with van der Waals surface area (Å²) < 4.78 is 50.9. The maximum absolute atomic E-state index is 15.1. The lowest BCUT2D eigenvalue weighted by Crippen LogP contribution is -2.56. The highest BCUT2D eigenvalue weighted by Crippen LogP contribution is 2.44. The molecular weight excluding hydrogens is 449 g/mol. The van der Waals surface area contributed by atoms with E-state index < -0.39 is 20.5 Å². The normalized spacial score (nSPS) is 21.6. The molecule has 0 aromatic carbocycles. The molecule has 2 aromatic heterocycles. The number of halogens is 1. The van der Waals surface area contributed by atoms with Crippen molar-refractivity contribution >= 4 is 27.9 Å². The van der Waals surface area contributed by atoms with Gasteiger partial charge in [-0.3, -0.25) is 0 Å². The number of aryl methyl sites for hydroxylation is 1. The topological polar surface area (TPSA) is 110 Å². The Morgan fingerprint density at radius 3 is 2.67 bits per heavy atom. The zero-order chi connectivity index (χ0) is 24.1. The van der Waals surface area contributed by atoms with E-state index in [1.165, 1.54) is 0 Å². The van der Waals surface area contributed by atoms with Crippen LogP contribution in [0.2, 0.25) is 0 Å². The Morgan fingerprint density at radius 2 is 2.06 bits per heavy atom. The molecule has 1 N–H and O–H groups in total. The molecule has 9 nitrogen and oxygen atoms in total. The Hall–Kier alpha value is -2.79. The predicted octanol–water partition coefficient (Wildman–Crippen LogP) is 2.77. The van der Waals surface area contributed by atoms with E-state index in [0.717, 1.165) is 6.26 Å². The lowest BCUT2D eigenvalue weighted by Gasteiger charge is -2.45. The van der Waals surface area contributed by atoms with Crippen LogP contribution >= 0.6 is 0 Å². The number of aromatic nitrogens is 3. The molecule has 0 unspecified atom stereocenters. The van der Waals surface area contributed by atoms with Crippen LogP contribution in [0.15, 0.2) is 23.2 Å². The van der Waals surface area contributed by atoms with E-state index in [0.29, 0.717) is 36.9 Å². The summed E-state index contributed by atoms with van der Waals surface area (Å²) in [5.41, 5.74) is 1.39. The number of rotatable bonds is 5. The van der Waals surface area contributed by atoms with Crippen molar-refractivity contribution < 1.29 is 22.3 Å². The molecule has 4 heterocycles. The summed E-state index contributed by atoms with van der Waals surface area (Å²) >= 11 is 0. The Kier molecular flexibility index (Phi) is 5.81. The van der Waals surface area contributed by atoms with Crippen LogP contribution in [0.5, 0.6) is 5.75 Å². The summed E-state index contributed by atoms with van der Waals surface area (Å²) in [6.07, 6.45) is 2.81. The third-order valence-electron chi connectivity index (χ3n) is 6.34. The highest BCUT2D eigenvalue weighted by atomic mass is 32.2. The highest BCUT2D eigenvalue weighted by molar-refractivity contribution is 7.91. The minimum absolute atomic E-state index is 0.0102. The minimum Gasteiger partial charge on any atom is -0.486 e. The first-order valence-corrected chi connectivity index (χ1v) is 12.5. The lowest BCUT2D eigenvalue weighted by atomic mass is 10.0. The molecular formula is C22H28FN5O4S. The fraction of sp³-hybridized carbons (Fsp3) is 0.500. The summed E-state index contributed by atoms with van der Waals surface area (Å²) in [5, 5.41) is 0. The smallest absolute Gasteiger partial charge is 0.224 e. The van der Waals surface area contributed by atoms with Crippen molar-refractivity contribution in [2.45, 2.75) is 44.5 Å². The second-order valence-electron chi connectivity index (χ2n) is 8.93. The molecule has 0 amide bonds. The van der Waals surface area contributed by atoms with Crippen LogP contribution in [0.4, 0.5) is 10.2 Å². The average molecular weight is 478 g/mol. The van der Waals surface area contributed by atoms with Gasteiger partial charge in [0, 0.05) is 23.7 Å². The SMILES string of the molecule is C=N/C(F)=C(/c1nc2c(c(C(C)(C)S(C)(=O)=O)n1)OC[C@@H]1COC[C@@H](C)N21)c1cc[nH]c1C. The van der Waals surface area contributed by atoms with Crippen LogP contribution in [-0.4, -0.2) is 68.2 Å². The molecule has 2 aliphatic rings. The van der Waals surface area contributed by atoms with Crippen molar-refractivity contribution in [1.29, 1.82) is 0 Å². The Balaban J connectivity index is 2.06. The van der Waals surface area contributed by atoms with Crippen molar-refractivity contribution in [3.05, 3.63) is 41.0 Å². The van der Waals surface area contributed by atoms with Gasteiger partial charge in [-0.15, -0.1) is 0 Å². The van der Waals surface area contributed by atoms with Gasteiger partial charge in [0.05, 0.1) is 30.9 Å². The van der Waals surface area contributed by atoms with Crippen molar-refractivity contribution in [3.8, 4) is 5.75 Å². The number of fused-ring (bicyclic) bond motifs is 3. The summed E-state index contributed by atoms with van der Waals surface area (Å²) in [4.78, 5) is 17.9. The number of ether oxygens (including phenoxy) is 2. The number of sulfone groups is 1. The molecule has 4 rings (SSSR count). The van der Waals surface area contributed by atoms with Gasteiger partial charge in [-0.05, 0) is 40.5 Å². The maximum atomic E-state index is 15.1. The van der Waals surface area contributed by atoms with E-state index in [9.17, 15) is 8.42 Å². The van der Waals surface area contributed by atoms with E-state index >= 15 is 4.39 Å². The van der Waals surface area contributed by atoms with Crippen molar-refractivity contribution in [3.63, 3.8) is 0 Å². The fourth-order valence-corrected chi connectivity index (χ4v) is 4.64. The van der Waals surface area contributed by atoms with E-state index in [-0.39, 0.29) is 34.9 Å². The number of aromatic amines is 1. The molecule has 11 heteroatoms. The summed E-state index contributed by atoms with van der Waals surface area (Å²) in [6, 6.07) is 1.53. The number of hydrogen-bond donors (Lipinski definition) is 1. The second kappa shape index (κ2) is 8.21. The number of H-pyrrole nitrogens is 1. The van der Waals surface area contributed by atoms with Gasteiger partial charge in [0.2, 0.25) is 5.95 Å². The third-order valence-corrected chi connectivity index (χ3v) is 8.39. The number of anilines is 1. The summed E-state index contributed by atoms with van der Waals surface area (Å²) in [6.45, 7) is 11.4. The van der Waals surface area contributed by atoms with E-state index in [4.69, 9.17) is 14.5 Å². The zero-order valence-electron chi connectivity index (χ0n) is 19.3. The van der Waals surface area contributed by atoms with Crippen LogP contribution in [0, 0.1) is 6.92 Å². The van der Waals surface area contributed by atoms with Gasteiger partial charge < -0.3 is 19.4 Å². The predicted molar refractivity (Wildman–Crippen MR) is 124 cm³/mol. The van der Waals surface area contributed by atoms with Crippen molar-refractivity contribution in [1.82, 2.24) is 15.0 Å². The van der Waals surface area contributed by atoms with E-state index in [2.05, 4.69) is 26.6 Å². The summed E-state index contributed by atoms with van der Waals surface area (Å²) in [7, 11) is -3.63. The number of hydrogen-bond acceptors (Lipinski definition) is 8. The van der Waals surface area contributed by atoms with Crippen LogP contribution in [0.1, 0.15) is 43.5 Å². The lowest BCUT2D eigenvalue weighted by molar-refractivity contribution is 0.0482. The zero-order valence-corrected chi connectivity index (χ0v) is 20.2. The molecule has 0 radical (unpaired) electrons. The fourth-order valence-electron chi connectivity index (χ4n) is 4.15. The second-order valence-corrected chi connectivity index (χ2v) is 11.5. The third kappa shape index (κ3) is 3.82. The van der Waals surface area contributed by atoms with Crippen LogP contribution in [0.25, 0.3) is 5.57 Å². The number of aliphatic imine (C=N–C) groups is 1. The van der Waals surface area contributed by atoms with Crippen molar-refractivity contribution in [2.75, 3.05) is 31.0 Å². The van der Waals surface area contributed by atoms with Crippen molar-refractivity contribution in [2.24, 2.45) is 4.99 Å². The molecule has 33 heavy (non-hydrogen) atoms. The molecule has 2 atom stereocenters. The molecule has 1 saturated heterocycles. The monoisotopic (exact) mass is 477 g/mol. The average Bonchev–Trinajstić information content (AvgIpc) is 3.17. The molecule has 0 spiro atoms. The number of nitrogens with one attached hydrogen (secondary N) is 1. The maximum Gasteiger partial charge on any atom is 0.224 e. The van der Waals surface area contributed by atoms with Crippen LogP contribution in [-0.2, 0) is 19.3 Å². The van der Waals surface area contributed by atoms with Gasteiger partial charge in [-0.25, -0.2) is 23.4 Å². The molecule has 1 fully saturated rings. The van der Waals surface area contributed by atoms with Gasteiger partial charge >= 0.3 is 0 Å². The number of nitrogens with zero attached hydrogens (tertiary/aromatic N) is 4. The minimum atomic E-state index is -3.63.